The molecule has 0 spiro atoms. The number of unbranched alkanes of at least 4 members (excludes halogenated alkanes) is 1. The topological polar surface area (TPSA) is 121 Å². The van der Waals surface area contributed by atoms with Gasteiger partial charge in [0.1, 0.15) is 0 Å². The molecule has 0 saturated heterocycles. The van der Waals surface area contributed by atoms with Crippen molar-refractivity contribution in [3.63, 3.8) is 0 Å². The Labute approximate surface area is 109 Å². The Kier molecular flexibility index (Phi) is 5.84. The van der Waals surface area contributed by atoms with Crippen molar-refractivity contribution in [3.05, 3.63) is 50.4 Å². The molecule has 100 valence electrons. The molecule has 0 radical (unpaired) electrons. The standard InChI is InChI=1S/C11H13N5O3/c12-15-14-7-2-1-6-13-11(17)9-4-3-5-10(8-9)16(18)19/h3-5,8H,1-2,6-7H2,(H,13,17). The van der Waals surface area contributed by atoms with Crippen LogP contribution in [-0.4, -0.2) is 23.9 Å². The van der Waals surface area contributed by atoms with Crippen molar-refractivity contribution in [3.8, 4) is 0 Å². The van der Waals surface area contributed by atoms with Crippen LogP contribution in [0.1, 0.15) is 23.2 Å². The molecule has 0 atom stereocenters. The van der Waals surface area contributed by atoms with Crippen molar-refractivity contribution >= 4 is 11.6 Å². The van der Waals surface area contributed by atoms with Gasteiger partial charge in [-0.1, -0.05) is 11.2 Å². The maximum Gasteiger partial charge on any atom is 0.270 e. The van der Waals surface area contributed by atoms with Crippen LogP contribution in [0, 0.1) is 10.1 Å². The van der Waals surface area contributed by atoms with Gasteiger partial charge in [-0.05, 0) is 24.4 Å². The van der Waals surface area contributed by atoms with Gasteiger partial charge in [0, 0.05) is 35.7 Å². The number of benzene rings is 1. The Balaban J connectivity index is 2.43. The molecule has 1 aromatic carbocycles. The van der Waals surface area contributed by atoms with Crippen molar-refractivity contribution in [1.29, 1.82) is 0 Å². The average Bonchev–Trinajstić information content (AvgIpc) is 2.42. The summed E-state index contributed by atoms with van der Waals surface area (Å²) < 4.78 is 0. The van der Waals surface area contributed by atoms with Crippen molar-refractivity contribution in [1.82, 2.24) is 5.32 Å². The number of rotatable bonds is 7. The van der Waals surface area contributed by atoms with Gasteiger partial charge < -0.3 is 5.32 Å². The number of carbonyl (C=O) groups excluding carboxylic acids is 1. The summed E-state index contributed by atoms with van der Waals surface area (Å²) in [5, 5.41) is 16.6. The molecule has 1 amide bonds. The number of hydrogen-bond donors (Lipinski definition) is 1. The number of amides is 1. The molecule has 1 N–H and O–H groups in total. The minimum absolute atomic E-state index is 0.115. The lowest BCUT2D eigenvalue weighted by molar-refractivity contribution is -0.384. The first kappa shape index (κ1) is 14.5. The maximum atomic E-state index is 11.7. The molecule has 8 heteroatoms. The Bertz CT molecular complexity index is 511. The third kappa shape index (κ3) is 5.05. The molecule has 0 fully saturated rings. The minimum Gasteiger partial charge on any atom is -0.352 e. The molecular formula is C11H13N5O3. The van der Waals surface area contributed by atoms with Gasteiger partial charge in [-0.2, -0.15) is 0 Å². The molecule has 0 aromatic heterocycles. The zero-order valence-corrected chi connectivity index (χ0v) is 10.2. The third-order valence-electron chi connectivity index (χ3n) is 2.35. The molecule has 0 saturated carbocycles. The Morgan fingerprint density at radius 2 is 2.26 bits per heavy atom. The monoisotopic (exact) mass is 263 g/mol. The van der Waals surface area contributed by atoms with Gasteiger partial charge in [0.15, 0.2) is 0 Å². The lowest BCUT2D eigenvalue weighted by atomic mass is 10.2. The number of nitrogens with one attached hydrogen (secondary N) is 1. The summed E-state index contributed by atoms with van der Waals surface area (Å²) in [6.45, 7) is 0.825. The summed E-state index contributed by atoms with van der Waals surface area (Å²) in [5.41, 5.74) is 8.20. The van der Waals surface area contributed by atoms with Crippen molar-refractivity contribution in [2.45, 2.75) is 12.8 Å². The van der Waals surface area contributed by atoms with Gasteiger partial charge in [-0.3, -0.25) is 14.9 Å². The van der Waals surface area contributed by atoms with E-state index in [0.29, 0.717) is 25.9 Å². The van der Waals surface area contributed by atoms with Crippen LogP contribution < -0.4 is 5.32 Å². The smallest absolute Gasteiger partial charge is 0.270 e. The SMILES string of the molecule is [N-]=[N+]=NCCCCNC(=O)c1cccc([N+](=O)[O-])c1. The zero-order chi connectivity index (χ0) is 14.1. The summed E-state index contributed by atoms with van der Waals surface area (Å²) in [6.07, 6.45) is 1.36. The quantitative estimate of drug-likeness (QED) is 0.203. The fourth-order valence-electron chi connectivity index (χ4n) is 1.42. The van der Waals surface area contributed by atoms with E-state index in [1.165, 1.54) is 24.3 Å². The largest absolute Gasteiger partial charge is 0.352 e. The number of nitro groups is 1. The molecule has 8 nitrogen and oxygen atoms in total. The summed E-state index contributed by atoms with van der Waals surface area (Å²) >= 11 is 0. The van der Waals surface area contributed by atoms with Crippen molar-refractivity contribution < 1.29 is 9.72 Å². The summed E-state index contributed by atoms with van der Waals surface area (Å²) in [7, 11) is 0. The maximum absolute atomic E-state index is 11.7. The van der Waals surface area contributed by atoms with E-state index in [2.05, 4.69) is 15.3 Å². The highest BCUT2D eigenvalue weighted by atomic mass is 16.6. The van der Waals surface area contributed by atoms with Gasteiger partial charge >= 0.3 is 0 Å². The van der Waals surface area contributed by atoms with Gasteiger partial charge in [-0.15, -0.1) is 0 Å². The Morgan fingerprint density at radius 1 is 1.47 bits per heavy atom. The van der Waals surface area contributed by atoms with E-state index in [1.807, 2.05) is 0 Å². The summed E-state index contributed by atoms with van der Waals surface area (Å²) in [6, 6.07) is 5.54. The fourth-order valence-corrected chi connectivity index (χ4v) is 1.42. The van der Waals surface area contributed by atoms with E-state index in [9.17, 15) is 14.9 Å². The molecular weight excluding hydrogens is 250 g/mol. The predicted octanol–water partition coefficient (Wildman–Crippen LogP) is 2.42. The highest BCUT2D eigenvalue weighted by Crippen LogP contribution is 2.12. The Hall–Kier alpha value is -2.60. The highest BCUT2D eigenvalue weighted by Gasteiger charge is 2.10. The molecule has 19 heavy (non-hydrogen) atoms. The number of hydrogen-bond acceptors (Lipinski definition) is 4. The molecule has 0 aliphatic rings. The molecule has 0 heterocycles. The van der Waals surface area contributed by atoms with E-state index in [-0.39, 0.29) is 17.2 Å². The van der Waals surface area contributed by atoms with Crippen molar-refractivity contribution in [2.24, 2.45) is 5.11 Å². The van der Waals surface area contributed by atoms with Crippen LogP contribution >= 0.6 is 0 Å². The lowest BCUT2D eigenvalue weighted by Crippen LogP contribution is -2.24. The predicted molar refractivity (Wildman–Crippen MR) is 68.7 cm³/mol. The van der Waals surface area contributed by atoms with Crippen LogP contribution in [0.3, 0.4) is 0 Å². The van der Waals surface area contributed by atoms with Crippen LogP contribution in [0.5, 0.6) is 0 Å². The van der Waals surface area contributed by atoms with E-state index >= 15 is 0 Å². The van der Waals surface area contributed by atoms with Gasteiger partial charge in [0.05, 0.1) is 4.92 Å². The minimum atomic E-state index is -0.545. The fraction of sp³-hybridized carbons (Fsp3) is 0.364. The molecule has 0 bridgehead atoms. The average molecular weight is 263 g/mol. The molecule has 0 aliphatic carbocycles. The number of azide groups is 1. The van der Waals surface area contributed by atoms with Crippen molar-refractivity contribution in [2.75, 3.05) is 13.1 Å². The second kappa shape index (κ2) is 7.67. The summed E-state index contributed by atoms with van der Waals surface area (Å²) in [5.74, 6) is -0.354. The molecule has 1 rings (SSSR count). The first-order chi connectivity index (χ1) is 9.15. The Morgan fingerprint density at radius 3 is 2.95 bits per heavy atom. The van der Waals surface area contributed by atoms with E-state index < -0.39 is 4.92 Å². The van der Waals surface area contributed by atoms with E-state index in [1.54, 1.807) is 0 Å². The number of nitro benzene ring substituents is 1. The normalized spacial score (nSPS) is 9.47. The highest BCUT2D eigenvalue weighted by molar-refractivity contribution is 5.94. The zero-order valence-electron chi connectivity index (χ0n) is 10.2. The lowest BCUT2D eigenvalue weighted by Gasteiger charge is -2.04. The van der Waals surface area contributed by atoms with Crippen LogP contribution in [0.15, 0.2) is 29.4 Å². The first-order valence-corrected chi connectivity index (χ1v) is 5.68. The van der Waals surface area contributed by atoms with Crippen LogP contribution in [0.2, 0.25) is 0 Å². The second-order valence-electron chi connectivity index (χ2n) is 3.72. The summed E-state index contributed by atoms with van der Waals surface area (Å²) in [4.78, 5) is 24.3. The molecule has 0 aliphatic heterocycles. The second-order valence-corrected chi connectivity index (χ2v) is 3.72. The number of nitrogens with zero attached hydrogens (tertiary/aromatic N) is 4. The number of carbonyl (C=O) groups is 1. The van der Waals surface area contributed by atoms with Crippen LogP contribution in [-0.2, 0) is 0 Å². The third-order valence-corrected chi connectivity index (χ3v) is 2.35. The van der Waals surface area contributed by atoms with Gasteiger partial charge in [0.2, 0.25) is 0 Å². The van der Waals surface area contributed by atoms with Crippen LogP contribution in [0.4, 0.5) is 5.69 Å². The van der Waals surface area contributed by atoms with E-state index in [0.717, 1.165) is 0 Å². The molecule has 1 aromatic rings. The molecule has 0 unspecified atom stereocenters. The van der Waals surface area contributed by atoms with Gasteiger partial charge in [0.25, 0.3) is 11.6 Å². The first-order valence-electron chi connectivity index (χ1n) is 5.68. The van der Waals surface area contributed by atoms with Crippen LogP contribution in [0.25, 0.3) is 10.4 Å². The number of non-ortho nitro benzene ring substituents is 1. The van der Waals surface area contributed by atoms with Gasteiger partial charge in [-0.25, -0.2) is 0 Å². The van der Waals surface area contributed by atoms with E-state index in [4.69, 9.17) is 5.53 Å².